The Labute approximate surface area is 151 Å². The first kappa shape index (κ1) is 18.0. The highest BCUT2D eigenvalue weighted by Crippen LogP contribution is 2.28. The highest BCUT2D eigenvalue weighted by Gasteiger charge is 2.30. The van der Waals surface area contributed by atoms with Crippen LogP contribution in [0.4, 0.5) is 0 Å². The average Bonchev–Trinajstić information content (AvgIpc) is 3.06. The molecule has 0 spiro atoms. The molecule has 0 unspecified atom stereocenters. The zero-order valence-corrected chi connectivity index (χ0v) is 15.2. The van der Waals surface area contributed by atoms with E-state index in [0.29, 0.717) is 18.7 Å². The number of hydrogen-bond donors (Lipinski definition) is 2. The number of likely N-dealkylation sites (tertiary alicyclic amines) is 1. The van der Waals surface area contributed by atoms with Gasteiger partial charge in [-0.2, -0.15) is 0 Å². The molecule has 2 aromatic rings. The molecule has 2 heterocycles. The lowest BCUT2D eigenvalue weighted by Crippen LogP contribution is -2.42. The number of aryl methyl sites for hydroxylation is 2. The largest absolute Gasteiger partial charge is 0.496 e. The molecule has 0 bridgehead atoms. The Morgan fingerprint density at radius 3 is 2.42 bits per heavy atom. The molecule has 0 saturated carbocycles. The quantitative estimate of drug-likeness (QED) is 0.819. The van der Waals surface area contributed by atoms with Crippen LogP contribution in [-0.4, -0.2) is 47.0 Å². The second-order valence-electron chi connectivity index (χ2n) is 6.77. The number of carbonyl (C=O) groups excluding carboxylic acids is 2. The zero-order valence-electron chi connectivity index (χ0n) is 15.2. The first-order chi connectivity index (χ1) is 12.4. The second kappa shape index (κ2) is 7.19. The van der Waals surface area contributed by atoms with Crippen molar-refractivity contribution in [3.05, 3.63) is 50.9 Å². The summed E-state index contributed by atoms with van der Waals surface area (Å²) in [4.78, 5) is 38.3. The lowest BCUT2D eigenvalue weighted by molar-refractivity contribution is 0.0632. The van der Waals surface area contributed by atoms with Crippen molar-refractivity contribution in [2.45, 2.75) is 26.7 Å². The second-order valence-corrected chi connectivity index (χ2v) is 6.77. The van der Waals surface area contributed by atoms with Crippen LogP contribution in [0.15, 0.2) is 23.0 Å². The molecule has 0 radical (unpaired) electrons. The summed E-state index contributed by atoms with van der Waals surface area (Å²) in [5.74, 6) is 0.325. The van der Waals surface area contributed by atoms with E-state index in [2.05, 4.69) is 10.2 Å². The summed E-state index contributed by atoms with van der Waals surface area (Å²) in [6, 6.07) is 4.93. The van der Waals surface area contributed by atoms with Crippen molar-refractivity contribution in [2.24, 2.45) is 5.92 Å². The minimum Gasteiger partial charge on any atom is -0.496 e. The van der Waals surface area contributed by atoms with E-state index in [9.17, 15) is 14.4 Å². The summed E-state index contributed by atoms with van der Waals surface area (Å²) in [6.45, 7) is 4.77. The fourth-order valence-corrected chi connectivity index (χ4v) is 3.64. The minimum absolute atomic E-state index is 0.0407. The van der Waals surface area contributed by atoms with Gasteiger partial charge in [0.25, 0.3) is 11.5 Å². The van der Waals surface area contributed by atoms with Crippen molar-refractivity contribution in [1.29, 1.82) is 0 Å². The number of aromatic nitrogens is 2. The molecule has 1 aromatic carbocycles. The number of ether oxygens (including phenoxy) is 1. The Bertz CT molecular complexity index is 873. The first-order valence-corrected chi connectivity index (χ1v) is 8.67. The van der Waals surface area contributed by atoms with E-state index >= 15 is 0 Å². The number of benzene rings is 1. The molecule has 2 N–H and O–H groups in total. The molecule has 1 aliphatic rings. The van der Waals surface area contributed by atoms with Crippen molar-refractivity contribution >= 4 is 11.7 Å². The number of aromatic amines is 2. The number of carbonyl (C=O) groups is 2. The Hall–Kier alpha value is -2.83. The standard InChI is InChI=1S/C19H23N3O4/c1-11-7-14(8-12(2)18(11)26-3)17(24)13-5-4-6-22(10-13)19(25)15-9-16(23)21-20-15/h7-9,13H,4-6,10H2,1-3H3,(H2,20,21,23)/t13-/m1/s1. The van der Waals surface area contributed by atoms with Crippen molar-refractivity contribution in [3.63, 3.8) is 0 Å². The third-order valence-electron chi connectivity index (χ3n) is 4.85. The molecule has 26 heavy (non-hydrogen) atoms. The maximum absolute atomic E-state index is 13.0. The first-order valence-electron chi connectivity index (χ1n) is 8.67. The van der Waals surface area contributed by atoms with Crippen LogP contribution in [0.2, 0.25) is 0 Å². The summed E-state index contributed by atoms with van der Waals surface area (Å²) in [6.07, 6.45) is 1.50. The van der Waals surface area contributed by atoms with Gasteiger partial charge >= 0.3 is 0 Å². The predicted molar refractivity (Wildman–Crippen MR) is 96.8 cm³/mol. The smallest absolute Gasteiger partial charge is 0.271 e. The van der Waals surface area contributed by atoms with E-state index in [-0.39, 0.29) is 28.9 Å². The summed E-state index contributed by atoms with van der Waals surface area (Å²) >= 11 is 0. The van der Waals surface area contributed by atoms with Crippen molar-refractivity contribution in [1.82, 2.24) is 15.1 Å². The number of hydrogen-bond acceptors (Lipinski definition) is 4. The lowest BCUT2D eigenvalue weighted by atomic mass is 9.88. The molecule has 7 heteroatoms. The van der Waals surface area contributed by atoms with Gasteiger partial charge < -0.3 is 9.64 Å². The van der Waals surface area contributed by atoms with Gasteiger partial charge in [0.05, 0.1) is 7.11 Å². The van der Waals surface area contributed by atoms with Crippen LogP contribution in [0.1, 0.15) is 44.8 Å². The normalized spacial score (nSPS) is 17.2. The van der Waals surface area contributed by atoms with Crippen molar-refractivity contribution in [3.8, 4) is 5.75 Å². The fourth-order valence-electron chi connectivity index (χ4n) is 3.64. The van der Waals surface area contributed by atoms with Gasteiger partial charge in [-0.25, -0.2) is 0 Å². The Balaban J connectivity index is 1.78. The number of nitrogens with one attached hydrogen (secondary N) is 2. The molecule has 1 aromatic heterocycles. The third-order valence-corrected chi connectivity index (χ3v) is 4.85. The number of nitrogens with zero attached hydrogens (tertiary/aromatic N) is 1. The molecular weight excluding hydrogens is 334 g/mol. The number of Topliss-reactive ketones (excluding diaryl/α,β-unsaturated/α-hetero) is 1. The number of piperidine rings is 1. The van der Waals surface area contributed by atoms with Gasteiger partial charge in [-0.05, 0) is 49.9 Å². The minimum atomic E-state index is -0.345. The maximum atomic E-state index is 13.0. The summed E-state index contributed by atoms with van der Waals surface area (Å²) < 4.78 is 5.36. The highest BCUT2D eigenvalue weighted by molar-refractivity contribution is 5.99. The van der Waals surface area contributed by atoms with Gasteiger partial charge in [0, 0.05) is 30.6 Å². The SMILES string of the molecule is COc1c(C)cc(C(=O)[C@@H]2CCCN(C(=O)c3cc(=O)[nH][nH]3)C2)cc1C. The molecule has 1 amide bonds. The Kier molecular flexibility index (Phi) is 4.97. The zero-order chi connectivity index (χ0) is 18.8. The van der Waals surface area contributed by atoms with E-state index in [1.54, 1.807) is 12.0 Å². The number of rotatable bonds is 4. The maximum Gasteiger partial charge on any atom is 0.271 e. The van der Waals surface area contributed by atoms with E-state index in [1.165, 1.54) is 6.07 Å². The van der Waals surface area contributed by atoms with Crippen molar-refractivity contribution < 1.29 is 14.3 Å². The third kappa shape index (κ3) is 3.42. The summed E-state index contributed by atoms with van der Waals surface area (Å²) in [5, 5.41) is 4.94. The summed E-state index contributed by atoms with van der Waals surface area (Å²) in [5.41, 5.74) is 2.37. The monoisotopic (exact) mass is 357 g/mol. The van der Waals surface area contributed by atoms with E-state index in [4.69, 9.17) is 4.74 Å². The van der Waals surface area contributed by atoms with Crippen LogP contribution in [0.3, 0.4) is 0 Å². The van der Waals surface area contributed by atoms with Crippen LogP contribution in [-0.2, 0) is 0 Å². The number of methoxy groups -OCH3 is 1. The number of H-pyrrole nitrogens is 2. The summed E-state index contributed by atoms with van der Waals surface area (Å²) in [7, 11) is 1.62. The molecule has 1 saturated heterocycles. The van der Waals surface area contributed by atoms with Crippen LogP contribution >= 0.6 is 0 Å². The molecule has 1 aliphatic heterocycles. The van der Waals surface area contributed by atoms with Crippen LogP contribution in [0.25, 0.3) is 0 Å². The molecule has 3 rings (SSSR count). The highest BCUT2D eigenvalue weighted by atomic mass is 16.5. The topological polar surface area (TPSA) is 95.3 Å². The van der Waals surface area contributed by atoms with Crippen LogP contribution < -0.4 is 10.3 Å². The van der Waals surface area contributed by atoms with Crippen LogP contribution in [0, 0.1) is 19.8 Å². The molecule has 7 nitrogen and oxygen atoms in total. The van der Waals surface area contributed by atoms with Gasteiger partial charge in [-0.3, -0.25) is 24.6 Å². The van der Waals surface area contributed by atoms with E-state index in [1.807, 2.05) is 26.0 Å². The molecule has 1 fully saturated rings. The predicted octanol–water partition coefficient (Wildman–Crippen LogP) is 2.06. The lowest BCUT2D eigenvalue weighted by Gasteiger charge is -2.31. The van der Waals surface area contributed by atoms with E-state index < -0.39 is 0 Å². The van der Waals surface area contributed by atoms with Gasteiger partial charge in [0.2, 0.25) is 0 Å². The molecular formula is C19H23N3O4. The van der Waals surface area contributed by atoms with Gasteiger partial charge in [0.15, 0.2) is 5.78 Å². The van der Waals surface area contributed by atoms with Crippen LogP contribution in [0.5, 0.6) is 5.75 Å². The molecule has 138 valence electrons. The van der Waals surface area contributed by atoms with Gasteiger partial charge in [-0.1, -0.05) is 0 Å². The number of amides is 1. The Morgan fingerprint density at radius 1 is 1.15 bits per heavy atom. The van der Waals surface area contributed by atoms with E-state index in [0.717, 1.165) is 29.7 Å². The van der Waals surface area contributed by atoms with Gasteiger partial charge in [-0.15, -0.1) is 0 Å². The molecule has 1 atom stereocenters. The Morgan fingerprint density at radius 2 is 1.85 bits per heavy atom. The van der Waals surface area contributed by atoms with Crippen molar-refractivity contribution in [2.75, 3.05) is 20.2 Å². The number of ketones is 1. The fraction of sp³-hybridized carbons (Fsp3) is 0.421. The molecule has 0 aliphatic carbocycles. The van der Waals surface area contributed by atoms with Gasteiger partial charge in [0.1, 0.15) is 11.4 Å². The average molecular weight is 357 g/mol.